The zero-order valence-corrected chi connectivity index (χ0v) is 12.8. The van der Waals surface area contributed by atoms with Crippen LogP contribution < -0.4 is 0 Å². The summed E-state index contributed by atoms with van der Waals surface area (Å²) in [7, 11) is 0. The molecular weight excluding hydrogens is 264 g/mol. The summed E-state index contributed by atoms with van der Waals surface area (Å²) in [4.78, 5) is 0. The van der Waals surface area contributed by atoms with E-state index in [4.69, 9.17) is 0 Å². The molecule has 2 aliphatic rings. The van der Waals surface area contributed by atoms with Crippen molar-refractivity contribution in [2.24, 2.45) is 0 Å². The van der Waals surface area contributed by atoms with Gasteiger partial charge in [0.25, 0.3) is 0 Å². The largest absolute Gasteiger partial charge is 0.0619 e. The number of rotatable bonds is 1. The molecular formula is C22H18. The fourth-order valence-corrected chi connectivity index (χ4v) is 4.27. The molecule has 0 N–H and O–H groups in total. The Balaban J connectivity index is 1.84. The molecule has 0 nitrogen and oxygen atoms in total. The smallest absolute Gasteiger partial charge is 0.0435 e. The van der Waals surface area contributed by atoms with E-state index in [0.717, 1.165) is 0 Å². The highest BCUT2D eigenvalue weighted by Gasteiger charge is 2.40. The number of benzene rings is 3. The lowest BCUT2D eigenvalue weighted by Gasteiger charge is -2.31. The third kappa shape index (κ3) is 1.38. The predicted octanol–water partition coefficient (Wildman–Crippen LogP) is 5.12. The fourth-order valence-electron chi connectivity index (χ4n) is 4.27. The van der Waals surface area contributed by atoms with Gasteiger partial charge in [-0.1, -0.05) is 66.7 Å². The third-order valence-electron chi connectivity index (χ3n) is 5.67. The molecule has 0 heteroatoms. The molecule has 0 unspecified atom stereocenters. The lowest BCUT2D eigenvalue weighted by molar-refractivity contribution is 0.704. The van der Waals surface area contributed by atoms with Gasteiger partial charge in [0.1, 0.15) is 0 Å². The molecule has 22 heavy (non-hydrogen) atoms. The van der Waals surface area contributed by atoms with Crippen molar-refractivity contribution in [1.29, 1.82) is 0 Å². The molecule has 0 saturated heterocycles. The van der Waals surface area contributed by atoms with E-state index in [-0.39, 0.29) is 5.41 Å². The second-order valence-electron chi connectivity index (χ2n) is 6.70. The van der Waals surface area contributed by atoms with E-state index in [1.165, 1.54) is 46.2 Å². The summed E-state index contributed by atoms with van der Waals surface area (Å²) in [5, 5.41) is 0. The number of aryl methyl sites for hydroxylation is 2. The first kappa shape index (κ1) is 12.2. The maximum Gasteiger partial charge on any atom is 0.0435 e. The van der Waals surface area contributed by atoms with E-state index in [1.807, 2.05) is 0 Å². The molecule has 0 atom stereocenters. The Labute approximate surface area is 131 Å². The van der Waals surface area contributed by atoms with Crippen molar-refractivity contribution in [2.75, 3.05) is 0 Å². The molecule has 106 valence electrons. The fraction of sp³-hybridized carbons (Fsp3) is 0.182. The van der Waals surface area contributed by atoms with Gasteiger partial charge in [0, 0.05) is 5.41 Å². The van der Waals surface area contributed by atoms with Crippen LogP contribution in [0.15, 0.2) is 66.7 Å². The van der Waals surface area contributed by atoms with Crippen LogP contribution in [0.4, 0.5) is 0 Å². The Hall–Kier alpha value is -2.34. The molecule has 5 rings (SSSR count). The topological polar surface area (TPSA) is 0 Å². The molecule has 0 heterocycles. The molecule has 0 radical (unpaired) electrons. The molecule has 0 saturated carbocycles. The summed E-state index contributed by atoms with van der Waals surface area (Å²) in [5.41, 5.74) is 10.1. The first-order chi connectivity index (χ1) is 10.8. The average molecular weight is 282 g/mol. The molecule has 3 aromatic rings. The van der Waals surface area contributed by atoms with Crippen LogP contribution in [0.5, 0.6) is 0 Å². The molecule has 2 aliphatic carbocycles. The zero-order valence-electron chi connectivity index (χ0n) is 12.8. The highest BCUT2D eigenvalue weighted by molar-refractivity contribution is 5.83. The quantitative estimate of drug-likeness (QED) is 0.581. The Morgan fingerprint density at radius 3 is 1.82 bits per heavy atom. The maximum atomic E-state index is 2.44. The van der Waals surface area contributed by atoms with Crippen molar-refractivity contribution >= 4 is 0 Å². The minimum Gasteiger partial charge on any atom is -0.0619 e. The third-order valence-corrected chi connectivity index (χ3v) is 5.67. The van der Waals surface area contributed by atoms with Crippen LogP contribution in [0, 0.1) is 0 Å². The van der Waals surface area contributed by atoms with Crippen molar-refractivity contribution in [2.45, 2.75) is 25.2 Å². The van der Waals surface area contributed by atoms with E-state index in [1.54, 1.807) is 5.56 Å². The number of fused-ring (bicyclic) bond motifs is 4. The van der Waals surface area contributed by atoms with Crippen LogP contribution in [-0.4, -0.2) is 0 Å². The van der Waals surface area contributed by atoms with Crippen LogP contribution in [-0.2, 0) is 18.3 Å². The lowest BCUT2D eigenvalue weighted by atomic mass is 9.72. The molecule has 0 spiro atoms. The SMILES string of the molecule is CC1(c2ccc3c(c2)CC3)c2ccccc2-c2ccccc21. The highest BCUT2D eigenvalue weighted by atomic mass is 14.4. The van der Waals surface area contributed by atoms with E-state index in [0.29, 0.717) is 0 Å². The molecule has 3 aromatic carbocycles. The van der Waals surface area contributed by atoms with Crippen molar-refractivity contribution in [3.05, 3.63) is 94.5 Å². The van der Waals surface area contributed by atoms with Crippen molar-refractivity contribution < 1.29 is 0 Å². The van der Waals surface area contributed by atoms with Crippen LogP contribution in [0.3, 0.4) is 0 Å². The number of hydrogen-bond donors (Lipinski definition) is 0. The van der Waals surface area contributed by atoms with E-state index >= 15 is 0 Å². The second-order valence-corrected chi connectivity index (χ2v) is 6.70. The van der Waals surface area contributed by atoms with Crippen LogP contribution >= 0.6 is 0 Å². The summed E-state index contributed by atoms with van der Waals surface area (Å²) in [6, 6.07) is 24.9. The van der Waals surface area contributed by atoms with E-state index in [2.05, 4.69) is 73.7 Å². The standard InChI is InChI=1S/C22H18/c1-22(17-13-12-15-10-11-16(15)14-17)20-8-4-2-6-18(20)19-7-3-5-9-21(19)22/h2-9,12-14H,10-11H2,1H3. The van der Waals surface area contributed by atoms with Gasteiger partial charge in [-0.15, -0.1) is 0 Å². The van der Waals surface area contributed by atoms with Gasteiger partial charge in [-0.25, -0.2) is 0 Å². The first-order valence-electron chi connectivity index (χ1n) is 8.10. The number of hydrogen-bond acceptors (Lipinski definition) is 0. The first-order valence-corrected chi connectivity index (χ1v) is 8.10. The van der Waals surface area contributed by atoms with E-state index < -0.39 is 0 Å². The molecule has 0 amide bonds. The van der Waals surface area contributed by atoms with Gasteiger partial charge in [0.15, 0.2) is 0 Å². The minimum absolute atomic E-state index is 0.0300. The summed E-state index contributed by atoms with van der Waals surface area (Å²) < 4.78 is 0. The Kier molecular flexibility index (Phi) is 2.28. The van der Waals surface area contributed by atoms with Gasteiger partial charge in [0.05, 0.1) is 0 Å². The Morgan fingerprint density at radius 2 is 1.27 bits per heavy atom. The average Bonchev–Trinajstić information content (AvgIpc) is 2.80. The molecule has 0 aromatic heterocycles. The van der Waals surface area contributed by atoms with Crippen molar-refractivity contribution in [3.8, 4) is 11.1 Å². The van der Waals surface area contributed by atoms with Crippen molar-refractivity contribution in [1.82, 2.24) is 0 Å². The maximum absolute atomic E-state index is 2.44. The van der Waals surface area contributed by atoms with Crippen LogP contribution in [0.2, 0.25) is 0 Å². The highest BCUT2D eigenvalue weighted by Crippen LogP contribution is 2.52. The molecule has 0 bridgehead atoms. The molecule has 0 fully saturated rings. The summed E-state index contributed by atoms with van der Waals surface area (Å²) in [5.74, 6) is 0. The van der Waals surface area contributed by atoms with Crippen molar-refractivity contribution in [3.63, 3.8) is 0 Å². The Morgan fingerprint density at radius 1 is 0.682 bits per heavy atom. The summed E-state index contributed by atoms with van der Waals surface area (Å²) in [6.45, 7) is 2.39. The monoisotopic (exact) mass is 282 g/mol. The second kappa shape index (κ2) is 4.10. The van der Waals surface area contributed by atoms with Gasteiger partial charge < -0.3 is 0 Å². The lowest BCUT2D eigenvalue weighted by Crippen LogP contribution is -2.23. The zero-order chi connectivity index (χ0) is 14.7. The van der Waals surface area contributed by atoms with E-state index in [9.17, 15) is 0 Å². The van der Waals surface area contributed by atoms with Crippen LogP contribution in [0.1, 0.15) is 34.7 Å². The summed E-state index contributed by atoms with van der Waals surface area (Å²) in [6.07, 6.45) is 2.49. The minimum atomic E-state index is -0.0300. The van der Waals surface area contributed by atoms with Crippen LogP contribution in [0.25, 0.3) is 11.1 Å². The molecule has 0 aliphatic heterocycles. The Bertz CT molecular complexity index is 856. The van der Waals surface area contributed by atoms with Gasteiger partial charge >= 0.3 is 0 Å². The van der Waals surface area contributed by atoms with Gasteiger partial charge in [0.2, 0.25) is 0 Å². The summed E-state index contributed by atoms with van der Waals surface area (Å²) >= 11 is 0. The normalized spacial score (nSPS) is 16.4. The predicted molar refractivity (Wildman–Crippen MR) is 91.3 cm³/mol. The van der Waals surface area contributed by atoms with Gasteiger partial charge in [-0.05, 0) is 58.7 Å². The van der Waals surface area contributed by atoms with Gasteiger partial charge in [-0.3, -0.25) is 0 Å². The van der Waals surface area contributed by atoms with Gasteiger partial charge in [-0.2, -0.15) is 0 Å².